The first-order chi connectivity index (χ1) is 44.5. The van der Waals surface area contributed by atoms with Crippen molar-refractivity contribution in [2.75, 3.05) is 13.2 Å². The molecule has 0 aliphatic carbocycles. The number of allylic oxidation sites excluding steroid dienone is 4. The van der Waals surface area contributed by atoms with Gasteiger partial charge in [0.2, 0.25) is 5.91 Å². The number of aliphatic hydroxyl groups excluding tert-OH is 2. The van der Waals surface area contributed by atoms with Gasteiger partial charge < -0.3 is 20.3 Å². The van der Waals surface area contributed by atoms with E-state index in [9.17, 15) is 19.8 Å². The first-order valence-electron chi connectivity index (χ1n) is 41.6. The number of carbonyl (C=O) groups is 2. The van der Waals surface area contributed by atoms with E-state index in [4.69, 9.17) is 4.74 Å². The predicted molar refractivity (Wildman–Crippen MR) is 398 cm³/mol. The van der Waals surface area contributed by atoms with Gasteiger partial charge in [-0.3, -0.25) is 9.59 Å². The third-order valence-electron chi connectivity index (χ3n) is 19.7. The number of hydrogen-bond donors (Lipinski definition) is 3. The van der Waals surface area contributed by atoms with Gasteiger partial charge in [0, 0.05) is 12.8 Å². The number of ether oxygens (including phenoxy) is 1. The van der Waals surface area contributed by atoms with Gasteiger partial charge in [0.15, 0.2) is 0 Å². The van der Waals surface area contributed by atoms with Crippen molar-refractivity contribution in [3.05, 3.63) is 24.3 Å². The molecule has 0 saturated heterocycles. The zero-order valence-corrected chi connectivity index (χ0v) is 61.4. The van der Waals surface area contributed by atoms with Gasteiger partial charge in [-0.2, -0.15) is 0 Å². The van der Waals surface area contributed by atoms with E-state index >= 15 is 0 Å². The van der Waals surface area contributed by atoms with Crippen LogP contribution in [0.1, 0.15) is 476 Å². The van der Waals surface area contributed by atoms with Crippen molar-refractivity contribution in [1.29, 1.82) is 0 Å². The molecule has 2 unspecified atom stereocenters. The summed E-state index contributed by atoms with van der Waals surface area (Å²) in [6.45, 7) is 5.01. The Balaban J connectivity index is 3.35. The van der Waals surface area contributed by atoms with E-state index in [-0.39, 0.29) is 18.5 Å². The largest absolute Gasteiger partial charge is 0.466 e. The summed E-state index contributed by atoms with van der Waals surface area (Å²) >= 11 is 0. The van der Waals surface area contributed by atoms with Crippen LogP contribution in [0.4, 0.5) is 0 Å². The molecule has 0 aliphatic heterocycles. The summed E-state index contributed by atoms with van der Waals surface area (Å²) in [5.74, 6) is -0.0108. The molecule has 90 heavy (non-hydrogen) atoms. The third-order valence-corrected chi connectivity index (χ3v) is 19.7. The maximum absolute atomic E-state index is 12.6. The van der Waals surface area contributed by atoms with Crippen LogP contribution >= 0.6 is 0 Å². The molecular formula is C84H163NO5. The van der Waals surface area contributed by atoms with Crippen molar-refractivity contribution in [3.8, 4) is 0 Å². The lowest BCUT2D eigenvalue weighted by molar-refractivity contribution is -0.143. The average Bonchev–Trinajstić information content (AvgIpc) is 3.72. The first-order valence-corrected chi connectivity index (χ1v) is 41.6. The van der Waals surface area contributed by atoms with Gasteiger partial charge in [0.1, 0.15) is 0 Å². The standard InChI is InChI=1S/C84H163NO5/c1-3-5-7-9-11-13-15-17-19-21-23-24-25-35-38-41-44-48-52-56-60-64-68-72-76-82(87)81(80-86)85-83(88)77-73-69-65-61-57-53-49-45-42-39-36-33-31-29-27-26-28-30-32-34-37-40-43-47-51-55-59-63-67-71-75-79-90-84(89)78-74-70-66-62-58-54-50-46-22-20-18-16-14-12-10-8-6-4-2/h20,22,28,30,81-82,86-87H,3-19,21,23-27,29,31-80H2,1-2H3,(H,85,88)/b22-20-,30-28-. The summed E-state index contributed by atoms with van der Waals surface area (Å²) in [7, 11) is 0. The van der Waals surface area contributed by atoms with Gasteiger partial charge in [-0.15, -0.1) is 0 Å². The molecular weight excluding hydrogens is 1100 g/mol. The molecule has 0 aromatic carbocycles. The van der Waals surface area contributed by atoms with Crippen molar-refractivity contribution in [2.24, 2.45) is 0 Å². The van der Waals surface area contributed by atoms with Crippen LogP contribution in [0.2, 0.25) is 0 Å². The van der Waals surface area contributed by atoms with Crippen LogP contribution in [0.25, 0.3) is 0 Å². The fourth-order valence-corrected chi connectivity index (χ4v) is 13.4. The molecule has 0 aromatic rings. The van der Waals surface area contributed by atoms with E-state index in [1.807, 2.05) is 0 Å². The molecule has 1 amide bonds. The Hall–Kier alpha value is -1.66. The van der Waals surface area contributed by atoms with E-state index in [0.717, 1.165) is 44.9 Å². The van der Waals surface area contributed by atoms with Crippen LogP contribution in [0.5, 0.6) is 0 Å². The Kier molecular flexibility index (Phi) is 78.3. The van der Waals surface area contributed by atoms with E-state index in [0.29, 0.717) is 25.9 Å². The number of aliphatic hydroxyl groups is 2. The van der Waals surface area contributed by atoms with E-state index in [2.05, 4.69) is 43.5 Å². The van der Waals surface area contributed by atoms with Gasteiger partial charge in [-0.25, -0.2) is 0 Å². The summed E-state index contributed by atoms with van der Waals surface area (Å²) in [5.41, 5.74) is 0. The highest BCUT2D eigenvalue weighted by Gasteiger charge is 2.20. The first kappa shape index (κ1) is 88.3. The fraction of sp³-hybridized carbons (Fsp3) is 0.929. The second-order valence-electron chi connectivity index (χ2n) is 28.8. The zero-order valence-electron chi connectivity index (χ0n) is 61.4. The quantitative estimate of drug-likeness (QED) is 0.0320. The Morgan fingerprint density at radius 3 is 0.789 bits per heavy atom. The number of unbranched alkanes of at least 4 members (excludes halogenated alkanes) is 64. The second kappa shape index (κ2) is 79.8. The van der Waals surface area contributed by atoms with E-state index in [1.165, 1.54) is 398 Å². The highest BCUT2D eigenvalue weighted by atomic mass is 16.5. The lowest BCUT2D eigenvalue weighted by atomic mass is 10.0. The SMILES string of the molecule is CCCCCCCCC/C=C\CCCCCCCCCC(=O)OCCCCCCCCCCCCCC/C=C\CCCCCCCCCCCCCCCCCC(=O)NC(CO)C(O)CCCCCCCCCCCCCCCCCCCCCCCCCC. The average molecular weight is 1270 g/mol. The molecule has 0 rings (SSSR count). The smallest absolute Gasteiger partial charge is 0.305 e. The highest BCUT2D eigenvalue weighted by Crippen LogP contribution is 2.20. The molecule has 3 N–H and O–H groups in total. The van der Waals surface area contributed by atoms with Gasteiger partial charge in [0.05, 0.1) is 25.4 Å². The summed E-state index contributed by atoms with van der Waals surface area (Å²) in [6.07, 6.45) is 103. The molecule has 6 nitrogen and oxygen atoms in total. The molecule has 0 saturated carbocycles. The van der Waals surface area contributed by atoms with Gasteiger partial charge in [0.25, 0.3) is 0 Å². The number of rotatable bonds is 79. The topological polar surface area (TPSA) is 95.9 Å². The minimum atomic E-state index is -0.664. The molecule has 6 heteroatoms. The predicted octanol–water partition coefficient (Wildman–Crippen LogP) is 27.6. The summed E-state index contributed by atoms with van der Waals surface area (Å²) in [6, 6.07) is -0.541. The minimum Gasteiger partial charge on any atom is -0.466 e. The fourth-order valence-electron chi connectivity index (χ4n) is 13.4. The van der Waals surface area contributed by atoms with Gasteiger partial charge in [-0.05, 0) is 77.0 Å². The summed E-state index contributed by atoms with van der Waals surface area (Å²) in [4.78, 5) is 24.7. The van der Waals surface area contributed by atoms with Crippen LogP contribution in [0.15, 0.2) is 24.3 Å². The van der Waals surface area contributed by atoms with E-state index < -0.39 is 12.1 Å². The maximum atomic E-state index is 12.6. The third kappa shape index (κ3) is 75.4. The molecule has 0 aromatic heterocycles. The number of esters is 1. The maximum Gasteiger partial charge on any atom is 0.305 e. The second-order valence-corrected chi connectivity index (χ2v) is 28.8. The summed E-state index contributed by atoms with van der Waals surface area (Å²) in [5, 5.41) is 23.5. The molecule has 0 fully saturated rings. The Bertz CT molecular complexity index is 1410. The minimum absolute atomic E-state index is 0.0160. The molecule has 534 valence electrons. The molecule has 0 bridgehead atoms. The van der Waals surface area contributed by atoms with Crippen molar-refractivity contribution in [3.63, 3.8) is 0 Å². The monoisotopic (exact) mass is 1270 g/mol. The van der Waals surface area contributed by atoms with Gasteiger partial charge >= 0.3 is 5.97 Å². The molecule has 0 aliphatic rings. The van der Waals surface area contributed by atoms with Crippen LogP contribution in [-0.2, 0) is 14.3 Å². The van der Waals surface area contributed by atoms with Crippen molar-refractivity contribution in [1.82, 2.24) is 5.32 Å². The molecule has 2 atom stereocenters. The van der Waals surface area contributed by atoms with Crippen molar-refractivity contribution in [2.45, 2.75) is 488 Å². The Morgan fingerprint density at radius 2 is 0.522 bits per heavy atom. The summed E-state index contributed by atoms with van der Waals surface area (Å²) < 4.78 is 5.51. The molecule has 0 heterocycles. The normalized spacial score (nSPS) is 12.5. The lowest BCUT2D eigenvalue weighted by Gasteiger charge is -2.22. The zero-order chi connectivity index (χ0) is 64.9. The lowest BCUT2D eigenvalue weighted by Crippen LogP contribution is -2.45. The van der Waals surface area contributed by atoms with E-state index in [1.54, 1.807) is 0 Å². The van der Waals surface area contributed by atoms with Crippen LogP contribution in [0.3, 0.4) is 0 Å². The highest BCUT2D eigenvalue weighted by molar-refractivity contribution is 5.76. The number of carbonyl (C=O) groups excluding carboxylic acids is 2. The molecule has 0 radical (unpaired) electrons. The molecule has 0 spiro atoms. The van der Waals surface area contributed by atoms with Crippen LogP contribution in [-0.4, -0.2) is 47.4 Å². The van der Waals surface area contributed by atoms with Crippen molar-refractivity contribution >= 4 is 11.9 Å². The Morgan fingerprint density at radius 1 is 0.300 bits per heavy atom. The van der Waals surface area contributed by atoms with Crippen molar-refractivity contribution < 1.29 is 24.5 Å². The van der Waals surface area contributed by atoms with Crippen LogP contribution < -0.4 is 5.32 Å². The van der Waals surface area contributed by atoms with Gasteiger partial charge in [-0.1, -0.05) is 411 Å². The number of nitrogens with one attached hydrogen (secondary N) is 1. The van der Waals surface area contributed by atoms with Crippen LogP contribution in [0, 0.1) is 0 Å². The Labute approximate surface area is 564 Å². The number of hydrogen-bond acceptors (Lipinski definition) is 5. The number of amides is 1.